The van der Waals surface area contributed by atoms with E-state index in [0.29, 0.717) is 19.3 Å². The number of esters is 3. The molecule has 1 unspecified atom stereocenters. The molecule has 0 aliphatic carbocycles. The van der Waals surface area contributed by atoms with Gasteiger partial charge < -0.3 is 14.2 Å². The Balaban J connectivity index is 4.19. The lowest BCUT2D eigenvalue weighted by Crippen LogP contribution is -2.30. The molecule has 0 heterocycles. The van der Waals surface area contributed by atoms with Crippen LogP contribution in [0.2, 0.25) is 0 Å². The van der Waals surface area contributed by atoms with Crippen LogP contribution in [0.1, 0.15) is 227 Å². The Bertz CT molecular complexity index is 751. The van der Waals surface area contributed by atoms with Crippen molar-refractivity contribution in [3.63, 3.8) is 0 Å². The summed E-state index contributed by atoms with van der Waals surface area (Å²) < 4.78 is 16.6. The van der Waals surface area contributed by atoms with Crippen LogP contribution in [0.25, 0.3) is 0 Å². The molecule has 0 aliphatic heterocycles. The number of hydrogen-bond acceptors (Lipinski definition) is 6. The minimum Gasteiger partial charge on any atom is -0.462 e. The number of rotatable bonds is 37. The minimum absolute atomic E-state index is 0.0670. The van der Waals surface area contributed by atoms with Gasteiger partial charge in [0.2, 0.25) is 0 Å². The van der Waals surface area contributed by atoms with Gasteiger partial charge in [0, 0.05) is 19.3 Å². The number of carbonyl (C=O) groups is 3. The molecule has 0 aromatic rings. The minimum atomic E-state index is -0.758. The zero-order valence-electron chi connectivity index (χ0n) is 33.3. The summed E-state index contributed by atoms with van der Waals surface area (Å²) in [5.41, 5.74) is 0. The van der Waals surface area contributed by atoms with Crippen LogP contribution in [0.4, 0.5) is 0 Å². The van der Waals surface area contributed by atoms with Crippen molar-refractivity contribution in [2.75, 3.05) is 13.2 Å². The summed E-state index contributed by atoms with van der Waals surface area (Å²) in [6, 6.07) is 0. The first-order chi connectivity index (χ1) is 23.8. The van der Waals surface area contributed by atoms with E-state index in [2.05, 4.69) is 34.6 Å². The lowest BCUT2D eigenvalue weighted by atomic mass is 10.00. The lowest BCUT2D eigenvalue weighted by Gasteiger charge is -2.18. The molecule has 290 valence electrons. The van der Waals surface area contributed by atoms with Crippen LogP contribution in [-0.4, -0.2) is 37.2 Å². The summed E-state index contributed by atoms with van der Waals surface area (Å²) in [6.07, 6.45) is 32.6. The highest BCUT2D eigenvalue weighted by atomic mass is 16.6. The molecule has 0 aromatic heterocycles. The van der Waals surface area contributed by atoms with Crippen molar-refractivity contribution in [1.82, 2.24) is 0 Å². The molecule has 6 heteroatoms. The maximum atomic E-state index is 12.6. The fraction of sp³-hybridized carbons (Fsp3) is 0.930. The molecule has 0 saturated carbocycles. The zero-order valence-corrected chi connectivity index (χ0v) is 33.3. The molecular formula is C43H82O6. The van der Waals surface area contributed by atoms with Gasteiger partial charge in [0.15, 0.2) is 6.10 Å². The lowest BCUT2D eigenvalue weighted by molar-refractivity contribution is -0.167. The van der Waals surface area contributed by atoms with E-state index in [0.717, 1.165) is 76.0 Å². The van der Waals surface area contributed by atoms with Crippen molar-refractivity contribution in [3.05, 3.63) is 0 Å². The molecule has 0 saturated heterocycles. The second kappa shape index (κ2) is 36.2. The third-order valence-electron chi connectivity index (χ3n) is 9.83. The highest BCUT2D eigenvalue weighted by Crippen LogP contribution is 2.17. The molecule has 2 atom stereocenters. The molecule has 0 spiro atoms. The van der Waals surface area contributed by atoms with Crippen molar-refractivity contribution in [3.8, 4) is 0 Å². The van der Waals surface area contributed by atoms with Gasteiger partial charge in [0.05, 0.1) is 0 Å². The Morgan fingerprint density at radius 3 is 1.16 bits per heavy atom. The second-order valence-electron chi connectivity index (χ2n) is 15.3. The predicted molar refractivity (Wildman–Crippen MR) is 206 cm³/mol. The maximum absolute atomic E-state index is 12.6. The van der Waals surface area contributed by atoms with Crippen molar-refractivity contribution in [2.45, 2.75) is 233 Å². The quantitative estimate of drug-likeness (QED) is 0.0366. The molecule has 0 fully saturated rings. The van der Waals surface area contributed by atoms with Gasteiger partial charge >= 0.3 is 17.9 Å². The van der Waals surface area contributed by atoms with Gasteiger partial charge in [-0.15, -0.1) is 0 Å². The SMILES string of the molecule is CCCCCCCC(=O)OC[C@@H](COC(=O)CCCCCCCCCCCCCCCC(C)C)OC(=O)CCCCCCCCC(C)CC. The van der Waals surface area contributed by atoms with Crippen LogP contribution in [0.5, 0.6) is 0 Å². The van der Waals surface area contributed by atoms with E-state index in [1.54, 1.807) is 0 Å². The summed E-state index contributed by atoms with van der Waals surface area (Å²) in [5.74, 6) is 0.772. The van der Waals surface area contributed by atoms with E-state index in [4.69, 9.17) is 14.2 Å². The molecule has 0 rings (SSSR count). The van der Waals surface area contributed by atoms with E-state index in [1.165, 1.54) is 109 Å². The Morgan fingerprint density at radius 1 is 0.429 bits per heavy atom. The molecule has 0 aliphatic rings. The van der Waals surface area contributed by atoms with E-state index in [1.807, 2.05) is 0 Å². The summed E-state index contributed by atoms with van der Waals surface area (Å²) in [4.78, 5) is 37.3. The Hall–Kier alpha value is -1.59. The van der Waals surface area contributed by atoms with E-state index < -0.39 is 6.10 Å². The normalized spacial score (nSPS) is 12.6. The van der Waals surface area contributed by atoms with Gasteiger partial charge in [0.25, 0.3) is 0 Å². The number of ether oxygens (including phenoxy) is 3. The van der Waals surface area contributed by atoms with E-state index >= 15 is 0 Å². The van der Waals surface area contributed by atoms with Crippen molar-refractivity contribution >= 4 is 17.9 Å². The Morgan fingerprint density at radius 2 is 0.776 bits per heavy atom. The standard InChI is InChI=1S/C43H82O6/c1-6-8-9-21-28-33-41(44)47-36-40(49-43(46)35-30-25-20-19-23-27-32-39(5)7-2)37-48-42(45)34-29-24-18-16-14-12-10-11-13-15-17-22-26-31-38(3)4/h38-40H,6-37H2,1-5H3/t39?,40-/m0/s1. The van der Waals surface area contributed by atoms with E-state index in [-0.39, 0.29) is 31.1 Å². The molecule has 6 nitrogen and oxygen atoms in total. The van der Waals surface area contributed by atoms with Crippen LogP contribution in [0, 0.1) is 11.8 Å². The number of hydrogen-bond donors (Lipinski definition) is 0. The predicted octanol–water partition coefficient (Wildman–Crippen LogP) is 13.0. The average Bonchev–Trinajstić information content (AvgIpc) is 3.08. The average molecular weight is 695 g/mol. The van der Waals surface area contributed by atoms with Gasteiger partial charge in [0.1, 0.15) is 13.2 Å². The van der Waals surface area contributed by atoms with Gasteiger partial charge in [-0.1, -0.05) is 189 Å². The van der Waals surface area contributed by atoms with Gasteiger partial charge in [-0.2, -0.15) is 0 Å². The summed E-state index contributed by atoms with van der Waals surface area (Å²) in [5, 5.41) is 0. The summed E-state index contributed by atoms with van der Waals surface area (Å²) >= 11 is 0. The zero-order chi connectivity index (χ0) is 36.2. The Labute approximate surface area is 304 Å². The smallest absolute Gasteiger partial charge is 0.306 e. The van der Waals surface area contributed by atoms with Gasteiger partial charge in [-0.05, 0) is 31.1 Å². The third kappa shape index (κ3) is 36.0. The van der Waals surface area contributed by atoms with Crippen LogP contribution < -0.4 is 0 Å². The van der Waals surface area contributed by atoms with Crippen LogP contribution in [0.3, 0.4) is 0 Å². The van der Waals surface area contributed by atoms with Crippen molar-refractivity contribution < 1.29 is 28.6 Å². The first-order valence-corrected chi connectivity index (χ1v) is 21.3. The fourth-order valence-electron chi connectivity index (χ4n) is 6.19. The highest BCUT2D eigenvalue weighted by molar-refractivity contribution is 5.71. The number of unbranched alkanes of at least 4 members (excludes halogenated alkanes) is 21. The second-order valence-corrected chi connectivity index (χ2v) is 15.3. The first-order valence-electron chi connectivity index (χ1n) is 21.3. The molecule has 0 bridgehead atoms. The Kier molecular flexibility index (Phi) is 35.0. The molecule has 0 aromatic carbocycles. The topological polar surface area (TPSA) is 78.9 Å². The molecule has 0 N–H and O–H groups in total. The van der Waals surface area contributed by atoms with Gasteiger partial charge in [-0.3, -0.25) is 14.4 Å². The summed E-state index contributed by atoms with van der Waals surface area (Å²) in [6.45, 7) is 11.2. The van der Waals surface area contributed by atoms with Crippen molar-refractivity contribution in [1.29, 1.82) is 0 Å². The van der Waals surface area contributed by atoms with Crippen molar-refractivity contribution in [2.24, 2.45) is 11.8 Å². The van der Waals surface area contributed by atoms with E-state index in [9.17, 15) is 14.4 Å². The third-order valence-corrected chi connectivity index (χ3v) is 9.83. The maximum Gasteiger partial charge on any atom is 0.306 e. The van der Waals surface area contributed by atoms with Crippen LogP contribution >= 0.6 is 0 Å². The van der Waals surface area contributed by atoms with Gasteiger partial charge in [-0.25, -0.2) is 0 Å². The molecular weight excluding hydrogens is 612 g/mol. The fourth-order valence-corrected chi connectivity index (χ4v) is 6.19. The molecule has 49 heavy (non-hydrogen) atoms. The summed E-state index contributed by atoms with van der Waals surface area (Å²) in [7, 11) is 0. The van der Waals surface area contributed by atoms with Crippen LogP contribution in [-0.2, 0) is 28.6 Å². The molecule has 0 radical (unpaired) electrons. The monoisotopic (exact) mass is 695 g/mol. The van der Waals surface area contributed by atoms with Crippen LogP contribution in [0.15, 0.2) is 0 Å². The first kappa shape index (κ1) is 47.4. The largest absolute Gasteiger partial charge is 0.462 e. The molecule has 0 amide bonds. The highest BCUT2D eigenvalue weighted by Gasteiger charge is 2.19. The number of carbonyl (C=O) groups excluding carboxylic acids is 3.